The SMILES string of the molecule is CC(C)[C@@H]1NC(=O)[C@H](Cc2ccccc2)NC(=O)[C@@H]2CCCN2C(=O)[C@@H]2CCCN2C(=O)[C@H](CC(N)=O)NC(=O)[C@H](C(C)C)NC(=O)[C@H](C(C)C)NC1=O. The maximum Gasteiger partial charge on any atom is 0.246 e. The number of nitrogens with zero attached hydrogens (tertiary/aromatic N) is 2. The number of hydrogen-bond acceptors (Lipinski definition) is 8. The van der Waals surface area contributed by atoms with Crippen LogP contribution in [0.25, 0.3) is 0 Å². The minimum absolute atomic E-state index is 0.0896. The Bertz CT molecular complexity index is 1580. The first-order valence-corrected chi connectivity index (χ1v) is 18.9. The Morgan fingerprint density at radius 2 is 1.06 bits per heavy atom. The summed E-state index contributed by atoms with van der Waals surface area (Å²) in [4.78, 5) is 113. The number of nitrogens with one attached hydrogen (secondary N) is 5. The van der Waals surface area contributed by atoms with E-state index >= 15 is 0 Å². The lowest BCUT2D eigenvalue weighted by Crippen LogP contribution is -2.62. The highest BCUT2D eigenvalue weighted by molar-refractivity contribution is 6.00. The van der Waals surface area contributed by atoms with Gasteiger partial charge in [-0.1, -0.05) is 71.9 Å². The minimum atomic E-state index is -1.43. The normalized spacial score (nSPS) is 28.2. The average molecular weight is 753 g/mol. The maximum atomic E-state index is 14.2. The molecule has 0 aromatic heterocycles. The van der Waals surface area contributed by atoms with E-state index in [9.17, 15) is 38.4 Å². The topological polar surface area (TPSA) is 229 Å². The van der Waals surface area contributed by atoms with Gasteiger partial charge in [0.1, 0.15) is 42.3 Å². The van der Waals surface area contributed by atoms with Crippen LogP contribution in [0.3, 0.4) is 0 Å². The van der Waals surface area contributed by atoms with Crippen LogP contribution in [0, 0.1) is 17.8 Å². The van der Waals surface area contributed by atoms with Crippen LogP contribution in [-0.4, -0.2) is 112 Å². The molecule has 16 heteroatoms. The predicted octanol–water partition coefficient (Wildman–Crippen LogP) is -0.508. The van der Waals surface area contributed by atoms with E-state index in [-0.39, 0.29) is 19.5 Å². The zero-order chi connectivity index (χ0) is 39.9. The molecule has 0 spiro atoms. The van der Waals surface area contributed by atoms with Gasteiger partial charge in [-0.05, 0) is 49.0 Å². The Labute approximate surface area is 316 Å². The predicted molar refractivity (Wildman–Crippen MR) is 198 cm³/mol. The second kappa shape index (κ2) is 18.3. The van der Waals surface area contributed by atoms with E-state index in [0.717, 1.165) is 5.56 Å². The summed E-state index contributed by atoms with van der Waals surface area (Å²) in [5, 5.41) is 13.7. The Morgan fingerprint density at radius 1 is 0.611 bits per heavy atom. The lowest BCUT2D eigenvalue weighted by Gasteiger charge is -2.33. The molecule has 16 nitrogen and oxygen atoms in total. The number of rotatable bonds is 7. The van der Waals surface area contributed by atoms with Crippen molar-refractivity contribution >= 4 is 47.3 Å². The maximum absolute atomic E-state index is 14.2. The summed E-state index contributed by atoms with van der Waals surface area (Å²) in [5.41, 5.74) is 6.26. The standard InChI is InChI=1S/C38H56N8O8/c1-20(2)29-34(50)41-25(19-28(39)47)37(53)46-17-11-15-27(46)38(54)45-16-10-14-26(45)33(49)40-24(18-23-12-8-7-9-13-23)32(48)42-30(21(3)4)35(51)44-31(22(5)6)36(52)43-29/h7-9,12-13,20-22,24-27,29-31H,10-11,14-19H2,1-6H3,(H2,39,47)(H,40,49)(H,41,50)(H,42,48)(H,43,52)(H,44,51)/t24-,25-,26-,27-,29-,30-,31-/m0/s1. The molecular formula is C38H56N8O8. The molecule has 0 unspecified atom stereocenters. The Hall–Kier alpha value is -5.02. The fraction of sp³-hybridized carbons (Fsp3) is 0.632. The molecule has 54 heavy (non-hydrogen) atoms. The molecule has 3 aliphatic rings. The summed E-state index contributed by atoms with van der Waals surface area (Å²) in [7, 11) is 0. The Morgan fingerprint density at radius 3 is 1.56 bits per heavy atom. The second-order valence-corrected chi connectivity index (χ2v) is 15.6. The van der Waals surface area contributed by atoms with E-state index in [1.807, 2.05) is 18.2 Å². The van der Waals surface area contributed by atoms with Gasteiger partial charge < -0.3 is 42.1 Å². The number of hydrogen-bond donors (Lipinski definition) is 6. The smallest absolute Gasteiger partial charge is 0.246 e. The first kappa shape index (κ1) is 41.7. The van der Waals surface area contributed by atoms with E-state index in [0.29, 0.717) is 25.7 Å². The Kier molecular flexibility index (Phi) is 14.2. The number of benzene rings is 1. The van der Waals surface area contributed by atoms with Gasteiger partial charge in [0.05, 0.1) is 6.42 Å². The zero-order valence-electron chi connectivity index (χ0n) is 32.1. The summed E-state index contributed by atoms with van der Waals surface area (Å²) in [6.07, 6.45) is 1.13. The van der Waals surface area contributed by atoms with Crippen molar-refractivity contribution < 1.29 is 38.4 Å². The molecule has 3 heterocycles. The first-order chi connectivity index (χ1) is 25.5. The van der Waals surface area contributed by atoms with Gasteiger partial charge in [0.2, 0.25) is 47.3 Å². The third-order valence-corrected chi connectivity index (χ3v) is 10.3. The quantitative estimate of drug-likeness (QED) is 0.212. The highest BCUT2D eigenvalue weighted by Crippen LogP contribution is 2.26. The lowest BCUT2D eigenvalue weighted by atomic mass is 9.97. The molecule has 0 saturated carbocycles. The highest BCUT2D eigenvalue weighted by Gasteiger charge is 2.45. The van der Waals surface area contributed by atoms with E-state index in [4.69, 9.17) is 5.73 Å². The van der Waals surface area contributed by atoms with Crippen LogP contribution < -0.4 is 32.3 Å². The van der Waals surface area contributed by atoms with Crippen LogP contribution >= 0.6 is 0 Å². The molecule has 0 radical (unpaired) electrons. The molecule has 7 atom stereocenters. The van der Waals surface area contributed by atoms with Gasteiger partial charge in [0.15, 0.2) is 0 Å². The fourth-order valence-corrected chi connectivity index (χ4v) is 7.32. The van der Waals surface area contributed by atoms with Gasteiger partial charge >= 0.3 is 0 Å². The lowest BCUT2D eigenvalue weighted by molar-refractivity contribution is -0.148. The number of fused-ring (bicyclic) bond motifs is 2. The number of carbonyl (C=O) groups is 8. The van der Waals surface area contributed by atoms with Gasteiger partial charge in [-0.15, -0.1) is 0 Å². The molecule has 1 aromatic rings. The number of primary amides is 1. The molecule has 296 valence electrons. The molecule has 4 rings (SSSR count). The minimum Gasteiger partial charge on any atom is -0.370 e. The van der Waals surface area contributed by atoms with Crippen molar-refractivity contribution in [3.8, 4) is 0 Å². The number of nitrogens with two attached hydrogens (primary N) is 1. The van der Waals surface area contributed by atoms with E-state index in [2.05, 4.69) is 26.6 Å². The average Bonchev–Trinajstić information content (AvgIpc) is 3.81. The van der Waals surface area contributed by atoms with Crippen molar-refractivity contribution in [2.24, 2.45) is 23.5 Å². The number of carbonyl (C=O) groups excluding carboxylic acids is 8. The van der Waals surface area contributed by atoms with Gasteiger partial charge in [0, 0.05) is 19.5 Å². The molecule has 3 saturated heterocycles. The third kappa shape index (κ3) is 10.1. The van der Waals surface area contributed by atoms with Crippen LogP contribution in [0.4, 0.5) is 0 Å². The summed E-state index contributed by atoms with van der Waals surface area (Å²) < 4.78 is 0. The summed E-state index contributed by atoms with van der Waals surface area (Å²) in [6.45, 7) is 10.7. The van der Waals surface area contributed by atoms with E-state index < -0.39 is 114 Å². The van der Waals surface area contributed by atoms with Crippen LogP contribution in [0.15, 0.2) is 30.3 Å². The fourth-order valence-electron chi connectivity index (χ4n) is 7.32. The van der Waals surface area contributed by atoms with Crippen molar-refractivity contribution in [1.82, 2.24) is 36.4 Å². The van der Waals surface area contributed by atoms with Crippen molar-refractivity contribution in [1.29, 1.82) is 0 Å². The van der Waals surface area contributed by atoms with Gasteiger partial charge in [-0.3, -0.25) is 38.4 Å². The highest BCUT2D eigenvalue weighted by atomic mass is 16.2. The summed E-state index contributed by atoms with van der Waals surface area (Å²) >= 11 is 0. The molecule has 0 aliphatic carbocycles. The van der Waals surface area contributed by atoms with Gasteiger partial charge in [-0.2, -0.15) is 0 Å². The van der Waals surface area contributed by atoms with Crippen molar-refractivity contribution in [2.75, 3.05) is 13.1 Å². The molecule has 0 bridgehead atoms. The van der Waals surface area contributed by atoms with Gasteiger partial charge in [-0.25, -0.2) is 0 Å². The van der Waals surface area contributed by atoms with Crippen LogP contribution in [0.1, 0.15) is 79.2 Å². The van der Waals surface area contributed by atoms with Crippen LogP contribution in [0.2, 0.25) is 0 Å². The van der Waals surface area contributed by atoms with Crippen molar-refractivity contribution in [2.45, 2.75) is 122 Å². The zero-order valence-corrected chi connectivity index (χ0v) is 32.1. The molecule has 3 fully saturated rings. The van der Waals surface area contributed by atoms with Gasteiger partial charge in [0.25, 0.3) is 0 Å². The monoisotopic (exact) mass is 752 g/mol. The number of amides is 8. The third-order valence-electron chi connectivity index (χ3n) is 10.3. The van der Waals surface area contributed by atoms with Crippen LogP contribution in [0.5, 0.6) is 0 Å². The molecular weight excluding hydrogens is 696 g/mol. The second-order valence-electron chi connectivity index (χ2n) is 15.6. The van der Waals surface area contributed by atoms with E-state index in [1.165, 1.54) is 9.80 Å². The molecule has 1 aromatic carbocycles. The summed E-state index contributed by atoms with van der Waals surface area (Å²) in [5.74, 6) is -6.66. The molecule has 8 amide bonds. The van der Waals surface area contributed by atoms with Crippen molar-refractivity contribution in [3.05, 3.63) is 35.9 Å². The first-order valence-electron chi connectivity index (χ1n) is 18.9. The van der Waals surface area contributed by atoms with Crippen LogP contribution in [-0.2, 0) is 44.8 Å². The Balaban J connectivity index is 1.77. The van der Waals surface area contributed by atoms with Crippen molar-refractivity contribution in [3.63, 3.8) is 0 Å². The largest absolute Gasteiger partial charge is 0.370 e. The van der Waals surface area contributed by atoms with E-state index in [1.54, 1.807) is 53.7 Å². The molecule has 3 aliphatic heterocycles. The summed E-state index contributed by atoms with van der Waals surface area (Å²) in [6, 6.07) is 1.15. The molecule has 7 N–H and O–H groups in total.